The number of sulfonamides is 1. The molecule has 3 aromatic rings. The Labute approximate surface area is 179 Å². The summed E-state index contributed by atoms with van der Waals surface area (Å²) >= 11 is 0. The Morgan fingerprint density at radius 3 is 1.77 bits per heavy atom. The Morgan fingerprint density at radius 1 is 0.833 bits per heavy atom. The van der Waals surface area contributed by atoms with E-state index >= 15 is 0 Å². The summed E-state index contributed by atoms with van der Waals surface area (Å²) in [6.07, 6.45) is 0.611. The third kappa shape index (κ3) is 4.09. The maximum Gasteiger partial charge on any atom is 0.214 e. The summed E-state index contributed by atoms with van der Waals surface area (Å²) in [7, 11) is -3.25. The van der Waals surface area contributed by atoms with Crippen LogP contribution in [0.3, 0.4) is 0 Å². The summed E-state index contributed by atoms with van der Waals surface area (Å²) < 4.78 is 26.8. The lowest BCUT2D eigenvalue weighted by Crippen LogP contribution is -2.60. The molecule has 0 bridgehead atoms. The van der Waals surface area contributed by atoms with E-state index < -0.39 is 15.6 Å². The molecule has 0 unspecified atom stereocenters. The molecule has 3 aromatic carbocycles. The highest BCUT2D eigenvalue weighted by Gasteiger charge is 2.49. The summed E-state index contributed by atoms with van der Waals surface area (Å²) in [5.74, 6) is 0.172. The van der Waals surface area contributed by atoms with Gasteiger partial charge in [-0.15, -0.1) is 0 Å². The first-order chi connectivity index (χ1) is 14.5. The molecule has 5 heteroatoms. The number of nitrogens with zero attached hydrogens (tertiary/aromatic N) is 2. The molecule has 1 fully saturated rings. The number of rotatable bonds is 7. The van der Waals surface area contributed by atoms with Gasteiger partial charge in [0.25, 0.3) is 0 Å². The van der Waals surface area contributed by atoms with Gasteiger partial charge in [-0.25, -0.2) is 8.42 Å². The molecule has 30 heavy (non-hydrogen) atoms. The van der Waals surface area contributed by atoms with Crippen molar-refractivity contribution >= 4 is 15.7 Å². The molecule has 0 N–H and O–H groups in total. The topological polar surface area (TPSA) is 49.7 Å². The van der Waals surface area contributed by atoms with Gasteiger partial charge in [0.15, 0.2) is 0 Å². The lowest BCUT2D eigenvalue weighted by Gasteiger charge is -2.47. The quantitative estimate of drug-likeness (QED) is 0.532. The summed E-state index contributed by atoms with van der Waals surface area (Å²) in [5.41, 5.74) is 3.37. The molecule has 0 aliphatic carbocycles. The van der Waals surface area contributed by atoms with E-state index in [9.17, 15) is 8.42 Å². The SMILES string of the molecule is CCCS(=O)(=O)N1CC(N=C(c2ccccc2)c2ccccc2)(c2ccccc2)C1. The van der Waals surface area contributed by atoms with E-state index in [-0.39, 0.29) is 5.75 Å². The Kier molecular flexibility index (Phi) is 5.84. The molecule has 1 heterocycles. The van der Waals surface area contributed by atoms with Crippen LogP contribution in [0.15, 0.2) is 96.0 Å². The number of hydrogen-bond acceptors (Lipinski definition) is 3. The second-order valence-electron chi connectivity index (χ2n) is 7.67. The molecule has 0 saturated carbocycles. The van der Waals surface area contributed by atoms with E-state index in [0.29, 0.717) is 19.5 Å². The van der Waals surface area contributed by atoms with Gasteiger partial charge >= 0.3 is 0 Å². The monoisotopic (exact) mass is 418 g/mol. The zero-order valence-corrected chi connectivity index (χ0v) is 17.9. The van der Waals surface area contributed by atoms with Gasteiger partial charge in [-0.3, -0.25) is 4.99 Å². The average molecular weight is 419 g/mol. The van der Waals surface area contributed by atoms with Crippen LogP contribution in [-0.4, -0.2) is 37.3 Å². The van der Waals surface area contributed by atoms with E-state index in [1.807, 2.05) is 73.7 Å². The van der Waals surface area contributed by atoms with Crippen molar-refractivity contribution in [2.75, 3.05) is 18.8 Å². The summed E-state index contributed by atoms with van der Waals surface area (Å²) in [6, 6.07) is 30.2. The van der Waals surface area contributed by atoms with E-state index in [0.717, 1.165) is 22.4 Å². The first-order valence-corrected chi connectivity index (χ1v) is 11.9. The Bertz CT molecular complexity index is 1060. The van der Waals surface area contributed by atoms with Crippen molar-refractivity contribution in [1.82, 2.24) is 4.31 Å². The molecule has 154 valence electrons. The maximum absolute atomic E-state index is 12.6. The highest BCUT2D eigenvalue weighted by atomic mass is 32.2. The van der Waals surface area contributed by atoms with Gasteiger partial charge in [0.05, 0.1) is 11.5 Å². The van der Waals surface area contributed by atoms with Crippen LogP contribution in [0, 0.1) is 0 Å². The van der Waals surface area contributed by atoms with Crippen LogP contribution in [0.4, 0.5) is 0 Å². The highest BCUT2D eigenvalue weighted by molar-refractivity contribution is 7.89. The number of hydrogen-bond donors (Lipinski definition) is 0. The van der Waals surface area contributed by atoms with Crippen LogP contribution in [0.1, 0.15) is 30.0 Å². The molecular formula is C25H26N2O2S. The molecule has 0 radical (unpaired) electrons. The van der Waals surface area contributed by atoms with Gasteiger partial charge in [-0.2, -0.15) is 4.31 Å². The zero-order chi connectivity index (χ0) is 21.0. The van der Waals surface area contributed by atoms with Crippen LogP contribution in [0.5, 0.6) is 0 Å². The van der Waals surface area contributed by atoms with Gasteiger partial charge in [0.2, 0.25) is 10.0 Å². The van der Waals surface area contributed by atoms with Crippen molar-refractivity contribution in [2.45, 2.75) is 18.9 Å². The molecule has 1 aliphatic heterocycles. The van der Waals surface area contributed by atoms with Gasteiger partial charge in [0, 0.05) is 24.2 Å². The third-order valence-electron chi connectivity index (χ3n) is 5.46. The molecule has 1 aliphatic rings. The van der Waals surface area contributed by atoms with Crippen molar-refractivity contribution in [2.24, 2.45) is 4.99 Å². The van der Waals surface area contributed by atoms with E-state index in [1.165, 1.54) is 0 Å². The van der Waals surface area contributed by atoms with Crippen LogP contribution in [-0.2, 0) is 15.6 Å². The minimum atomic E-state index is -3.25. The van der Waals surface area contributed by atoms with E-state index in [2.05, 4.69) is 24.3 Å². The summed E-state index contributed by atoms with van der Waals surface area (Å²) in [4.78, 5) is 5.26. The fourth-order valence-electron chi connectivity index (χ4n) is 3.89. The van der Waals surface area contributed by atoms with Gasteiger partial charge in [0.1, 0.15) is 5.54 Å². The van der Waals surface area contributed by atoms with Crippen molar-refractivity contribution < 1.29 is 8.42 Å². The highest BCUT2D eigenvalue weighted by Crippen LogP contribution is 2.39. The molecule has 0 spiro atoms. The fraction of sp³-hybridized carbons (Fsp3) is 0.240. The van der Waals surface area contributed by atoms with Crippen molar-refractivity contribution in [3.8, 4) is 0 Å². The maximum atomic E-state index is 12.6. The lowest BCUT2D eigenvalue weighted by atomic mass is 9.84. The molecule has 0 aromatic heterocycles. The molecule has 1 saturated heterocycles. The Balaban J connectivity index is 1.82. The van der Waals surface area contributed by atoms with Crippen molar-refractivity contribution in [3.05, 3.63) is 108 Å². The normalized spacial score (nSPS) is 15.9. The minimum Gasteiger partial charge on any atom is -0.270 e. The largest absolute Gasteiger partial charge is 0.270 e. The second-order valence-corrected chi connectivity index (χ2v) is 9.76. The zero-order valence-electron chi connectivity index (χ0n) is 17.1. The first-order valence-electron chi connectivity index (χ1n) is 10.3. The Morgan fingerprint density at radius 2 is 1.30 bits per heavy atom. The molecule has 0 atom stereocenters. The number of aliphatic imine (C=N–C) groups is 1. The van der Waals surface area contributed by atoms with Gasteiger partial charge in [-0.1, -0.05) is 97.9 Å². The van der Waals surface area contributed by atoms with Crippen LogP contribution in [0.2, 0.25) is 0 Å². The van der Waals surface area contributed by atoms with E-state index in [1.54, 1.807) is 4.31 Å². The summed E-state index contributed by atoms with van der Waals surface area (Å²) in [5, 5.41) is 0. The summed E-state index contributed by atoms with van der Waals surface area (Å²) in [6.45, 7) is 2.62. The molecular weight excluding hydrogens is 392 g/mol. The number of benzene rings is 3. The van der Waals surface area contributed by atoms with Gasteiger partial charge < -0.3 is 0 Å². The minimum absolute atomic E-state index is 0.172. The van der Waals surface area contributed by atoms with Crippen LogP contribution < -0.4 is 0 Å². The van der Waals surface area contributed by atoms with Gasteiger partial charge in [-0.05, 0) is 12.0 Å². The third-order valence-corrected chi connectivity index (χ3v) is 7.43. The smallest absolute Gasteiger partial charge is 0.214 e. The Hall–Kier alpha value is -2.76. The lowest BCUT2D eigenvalue weighted by molar-refractivity contribution is 0.161. The molecule has 0 amide bonds. The van der Waals surface area contributed by atoms with Crippen molar-refractivity contribution in [1.29, 1.82) is 0 Å². The van der Waals surface area contributed by atoms with Crippen LogP contribution in [0.25, 0.3) is 0 Å². The van der Waals surface area contributed by atoms with Crippen molar-refractivity contribution in [3.63, 3.8) is 0 Å². The predicted molar refractivity (Wildman–Crippen MR) is 122 cm³/mol. The predicted octanol–water partition coefficient (Wildman–Crippen LogP) is 4.47. The van der Waals surface area contributed by atoms with E-state index in [4.69, 9.17) is 4.99 Å². The second kappa shape index (κ2) is 8.54. The van der Waals surface area contributed by atoms with Crippen LogP contribution >= 0.6 is 0 Å². The standard InChI is InChI=1S/C25H26N2O2S/c1-2-18-30(28,29)27-19-25(20-27,23-16-10-5-11-17-23)26-24(21-12-6-3-7-13-21)22-14-8-4-9-15-22/h3-17H,2,18-20H2,1H3. The average Bonchev–Trinajstić information content (AvgIpc) is 2.75. The molecule has 4 nitrogen and oxygen atoms in total. The fourth-order valence-corrected chi connectivity index (χ4v) is 5.48. The molecule has 4 rings (SSSR count). The first kappa shape index (κ1) is 20.5.